The summed E-state index contributed by atoms with van der Waals surface area (Å²) in [5.41, 5.74) is -0.0789. The fraction of sp³-hybridized carbons (Fsp3) is 0.267. The molecular weight excluding hydrogens is 324 g/mol. The lowest BCUT2D eigenvalue weighted by atomic mass is 9.83. The van der Waals surface area contributed by atoms with Gasteiger partial charge in [-0.15, -0.1) is 11.3 Å². The van der Waals surface area contributed by atoms with E-state index in [4.69, 9.17) is 16.7 Å². The number of carboxylic acid groups (broad SMARTS) is 1. The number of halogens is 1. The van der Waals surface area contributed by atoms with Gasteiger partial charge in [0, 0.05) is 10.4 Å². The first-order chi connectivity index (χ1) is 10.3. The minimum Gasteiger partial charge on any atom is -0.476 e. The van der Waals surface area contributed by atoms with Gasteiger partial charge in [-0.05, 0) is 25.5 Å². The maximum Gasteiger partial charge on any atom is 0.355 e. The summed E-state index contributed by atoms with van der Waals surface area (Å²) in [6.45, 7) is 3.76. The summed E-state index contributed by atoms with van der Waals surface area (Å²) in [6, 6.07) is 7.19. The Morgan fingerprint density at radius 1 is 1.36 bits per heavy atom. The van der Waals surface area contributed by atoms with Crippen LogP contribution >= 0.6 is 22.9 Å². The largest absolute Gasteiger partial charge is 0.476 e. The van der Waals surface area contributed by atoms with Crippen molar-refractivity contribution >= 4 is 34.8 Å². The lowest BCUT2D eigenvalue weighted by molar-refractivity contribution is -0.125. The molecule has 0 bridgehead atoms. The topological polar surface area (TPSA) is 79.3 Å². The van der Waals surface area contributed by atoms with Crippen molar-refractivity contribution in [3.8, 4) is 0 Å². The summed E-state index contributed by atoms with van der Waals surface area (Å²) in [5.74, 6) is -1.28. The Bertz CT molecular complexity index is 712. The van der Waals surface area contributed by atoms with Gasteiger partial charge in [-0.3, -0.25) is 4.79 Å². The van der Waals surface area contributed by atoms with E-state index in [0.29, 0.717) is 10.0 Å². The van der Waals surface area contributed by atoms with E-state index < -0.39 is 11.4 Å². The molecule has 1 aromatic carbocycles. The van der Waals surface area contributed by atoms with Gasteiger partial charge in [-0.2, -0.15) is 0 Å². The van der Waals surface area contributed by atoms with Gasteiger partial charge in [-0.1, -0.05) is 29.8 Å². The second-order valence-electron chi connectivity index (χ2n) is 5.22. The zero-order chi connectivity index (χ0) is 16.3. The Labute approximate surface area is 137 Å². The van der Waals surface area contributed by atoms with Crippen LogP contribution in [0.2, 0.25) is 5.02 Å². The van der Waals surface area contributed by atoms with E-state index in [1.807, 2.05) is 18.2 Å². The molecule has 1 heterocycles. The average Bonchev–Trinajstić information content (AvgIpc) is 2.94. The molecule has 22 heavy (non-hydrogen) atoms. The molecule has 116 valence electrons. The van der Waals surface area contributed by atoms with Crippen LogP contribution in [0, 0.1) is 0 Å². The number of hydrogen-bond donors (Lipinski definition) is 2. The summed E-state index contributed by atoms with van der Waals surface area (Å²) >= 11 is 7.35. The monoisotopic (exact) mass is 338 g/mol. The number of carbonyl (C=O) groups is 2. The quantitative estimate of drug-likeness (QED) is 0.878. The first-order valence-corrected chi connectivity index (χ1v) is 7.79. The smallest absolute Gasteiger partial charge is 0.355 e. The lowest BCUT2D eigenvalue weighted by Crippen LogP contribution is -2.39. The van der Waals surface area contributed by atoms with Crippen LogP contribution in [0.4, 0.5) is 0 Å². The number of carbonyl (C=O) groups excluding carboxylic acids is 1. The zero-order valence-corrected chi connectivity index (χ0v) is 13.7. The van der Waals surface area contributed by atoms with Crippen LogP contribution < -0.4 is 5.32 Å². The molecule has 0 atom stereocenters. The maximum atomic E-state index is 12.4. The Hall–Kier alpha value is -1.92. The number of benzene rings is 1. The van der Waals surface area contributed by atoms with E-state index in [9.17, 15) is 9.59 Å². The molecule has 0 aliphatic heterocycles. The Kier molecular flexibility index (Phi) is 4.83. The second kappa shape index (κ2) is 6.46. The predicted molar refractivity (Wildman–Crippen MR) is 85.4 cm³/mol. The molecule has 0 aliphatic rings. The van der Waals surface area contributed by atoms with Crippen LogP contribution in [-0.2, 0) is 16.8 Å². The first-order valence-electron chi connectivity index (χ1n) is 6.53. The summed E-state index contributed by atoms with van der Waals surface area (Å²) in [5, 5.41) is 14.1. The molecule has 0 spiro atoms. The molecule has 7 heteroatoms. The number of hydrogen-bond acceptors (Lipinski definition) is 4. The number of carboxylic acids is 1. The van der Waals surface area contributed by atoms with Crippen molar-refractivity contribution in [2.24, 2.45) is 0 Å². The summed E-state index contributed by atoms with van der Waals surface area (Å²) in [6.07, 6.45) is 0. The lowest BCUT2D eigenvalue weighted by Gasteiger charge is -2.25. The molecule has 2 N–H and O–H groups in total. The molecule has 2 rings (SSSR count). The Balaban J connectivity index is 2.07. The standard InChI is InChI=1S/C15H15ClN2O3S/c1-15(2,9-5-3-4-6-10(9)16)14(21)17-7-12-18-11(8-22-12)13(19)20/h3-6,8H,7H2,1-2H3,(H,17,21)(H,19,20). The van der Waals surface area contributed by atoms with Crippen molar-refractivity contribution in [3.05, 3.63) is 50.9 Å². The van der Waals surface area contributed by atoms with Gasteiger partial charge in [0.25, 0.3) is 0 Å². The van der Waals surface area contributed by atoms with E-state index in [-0.39, 0.29) is 18.1 Å². The highest BCUT2D eigenvalue weighted by Gasteiger charge is 2.31. The third kappa shape index (κ3) is 3.45. The number of rotatable bonds is 5. The molecule has 0 saturated heterocycles. The van der Waals surface area contributed by atoms with Gasteiger partial charge >= 0.3 is 5.97 Å². The Morgan fingerprint density at radius 2 is 2.05 bits per heavy atom. The molecule has 0 fully saturated rings. The van der Waals surface area contributed by atoms with E-state index in [2.05, 4.69) is 10.3 Å². The number of aromatic nitrogens is 1. The van der Waals surface area contributed by atoms with Crippen molar-refractivity contribution in [2.45, 2.75) is 25.8 Å². The first kappa shape index (κ1) is 16.5. The molecule has 0 aliphatic carbocycles. The van der Waals surface area contributed by atoms with Crippen molar-refractivity contribution in [3.63, 3.8) is 0 Å². The normalized spacial score (nSPS) is 11.2. The average molecular weight is 339 g/mol. The summed E-state index contributed by atoms with van der Waals surface area (Å²) in [7, 11) is 0. The highest BCUT2D eigenvalue weighted by molar-refractivity contribution is 7.09. The van der Waals surface area contributed by atoms with Crippen LogP contribution in [0.15, 0.2) is 29.6 Å². The van der Waals surface area contributed by atoms with Gasteiger partial charge in [0.15, 0.2) is 5.69 Å². The van der Waals surface area contributed by atoms with Crippen molar-refractivity contribution < 1.29 is 14.7 Å². The van der Waals surface area contributed by atoms with E-state index in [1.54, 1.807) is 19.9 Å². The van der Waals surface area contributed by atoms with Crippen LogP contribution in [0.1, 0.15) is 34.9 Å². The van der Waals surface area contributed by atoms with Crippen LogP contribution in [0.5, 0.6) is 0 Å². The van der Waals surface area contributed by atoms with Gasteiger partial charge in [0.2, 0.25) is 5.91 Å². The third-order valence-electron chi connectivity index (χ3n) is 3.29. The SMILES string of the molecule is CC(C)(C(=O)NCc1nc(C(=O)O)cs1)c1ccccc1Cl. The second-order valence-corrected chi connectivity index (χ2v) is 6.57. The number of nitrogens with one attached hydrogen (secondary N) is 1. The van der Waals surface area contributed by atoms with E-state index in [1.165, 1.54) is 16.7 Å². The number of aromatic carboxylic acids is 1. The Morgan fingerprint density at radius 3 is 2.64 bits per heavy atom. The molecule has 0 unspecified atom stereocenters. The minimum atomic E-state index is -1.08. The zero-order valence-electron chi connectivity index (χ0n) is 12.1. The predicted octanol–water partition coefficient (Wildman–Crippen LogP) is 3.09. The highest BCUT2D eigenvalue weighted by Crippen LogP contribution is 2.29. The van der Waals surface area contributed by atoms with Crippen LogP contribution in [0.3, 0.4) is 0 Å². The van der Waals surface area contributed by atoms with Crippen LogP contribution in [-0.4, -0.2) is 22.0 Å². The minimum absolute atomic E-state index is 0.0142. The van der Waals surface area contributed by atoms with Crippen molar-refractivity contribution in [1.29, 1.82) is 0 Å². The van der Waals surface area contributed by atoms with Crippen molar-refractivity contribution in [2.75, 3.05) is 0 Å². The third-order valence-corrected chi connectivity index (χ3v) is 4.46. The molecule has 1 amide bonds. The van der Waals surface area contributed by atoms with E-state index >= 15 is 0 Å². The molecule has 0 radical (unpaired) electrons. The molecular formula is C15H15ClN2O3S. The van der Waals surface area contributed by atoms with Crippen LogP contribution in [0.25, 0.3) is 0 Å². The molecule has 0 saturated carbocycles. The number of thiazole rings is 1. The van der Waals surface area contributed by atoms with Gasteiger partial charge in [0.05, 0.1) is 12.0 Å². The molecule has 2 aromatic rings. The van der Waals surface area contributed by atoms with Gasteiger partial charge < -0.3 is 10.4 Å². The molecule has 5 nitrogen and oxygen atoms in total. The maximum absolute atomic E-state index is 12.4. The molecule has 1 aromatic heterocycles. The number of nitrogens with zero attached hydrogens (tertiary/aromatic N) is 1. The fourth-order valence-electron chi connectivity index (χ4n) is 1.96. The fourth-order valence-corrected chi connectivity index (χ4v) is 3.04. The van der Waals surface area contributed by atoms with E-state index in [0.717, 1.165) is 5.56 Å². The summed E-state index contributed by atoms with van der Waals surface area (Å²) < 4.78 is 0. The van der Waals surface area contributed by atoms with Gasteiger partial charge in [0.1, 0.15) is 5.01 Å². The van der Waals surface area contributed by atoms with Crippen molar-refractivity contribution in [1.82, 2.24) is 10.3 Å². The number of amides is 1. The highest BCUT2D eigenvalue weighted by atomic mass is 35.5. The summed E-state index contributed by atoms with van der Waals surface area (Å²) in [4.78, 5) is 27.1. The van der Waals surface area contributed by atoms with Gasteiger partial charge in [-0.25, -0.2) is 9.78 Å².